The van der Waals surface area contributed by atoms with Crippen LogP contribution in [0.3, 0.4) is 0 Å². The highest BCUT2D eigenvalue weighted by molar-refractivity contribution is 7.81. The van der Waals surface area contributed by atoms with Gasteiger partial charge in [-0.2, -0.15) is 0 Å². The average Bonchev–Trinajstić information content (AvgIpc) is 2.03. The number of alkyl halides is 1. The summed E-state index contributed by atoms with van der Waals surface area (Å²) in [5.74, 6) is -1.30. The van der Waals surface area contributed by atoms with E-state index in [-0.39, 0.29) is 0 Å². The first kappa shape index (κ1) is 12.5. The quantitative estimate of drug-likeness (QED) is 0.562. The van der Waals surface area contributed by atoms with Gasteiger partial charge in [0.15, 0.2) is 0 Å². The maximum Gasteiger partial charge on any atom is 0.359 e. The maximum absolute atomic E-state index is 13.1. The zero-order chi connectivity index (χ0) is 10.6. The van der Waals surface area contributed by atoms with Crippen LogP contribution in [0.1, 0.15) is 27.2 Å². The summed E-state index contributed by atoms with van der Waals surface area (Å²) in [6.07, 6.45) is 0.0750. The SMILES string of the molecule is CCC(C)OC(=O)C(C)(F)S(=O)O. The van der Waals surface area contributed by atoms with Gasteiger partial charge in [0.25, 0.3) is 0 Å². The minimum Gasteiger partial charge on any atom is -0.460 e. The van der Waals surface area contributed by atoms with Gasteiger partial charge in [0.2, 0.25) is 11.1 Å². The molecule has 0 heterocycles. The van der Waals surface area contributed by atoms with Gasteiger partial charge in [0.05, 0.1) is 6.10 Å². The first-order valence-electron chi connectivity index (χ1n) is 3.83. The average molecular weight is 212 g/mol. The van der Waals surface area contributed by atoms with Gasteiger partial charge in [-0.3, -0.25) is 0 Å². The molecule has 4 nitrogen and oxygen atoms in total. The van der Waals surface area contributed by atoms with E-state index in [1.165, 1.54) is 0 Å². The van der Waals surface area contributed by atoms with Crippen molar-refractivity contribution in [3.63, 3.8) is 0 Å². The summed E-state index contributed by atoms with van der Waals surface area (Å²) in [5.41, 5.74) is 0. The predicted molar refractivity (Wildman–Crippen MR) is 46.1 cm³/mol. The molecule has 78 valence electrons. The molecule has 1 N–H and O–H groups in total. The first-order chi connectivity index (χ1) is 5.82. The van der Waals surface area contributed by atoms with Crippen molar-refractivity contribution >= 4 is 17.0 Å². The summed E-state index contributed by atoms with van der Waals surface area (Å²) in [7, 11) is 0. The second kappa shape index (κ2) is 4.66. The Morgan fingerprint density at radius 1 is 1.77 bits per heavy atom. The van der Waals surface area contributed by atoms with Gasteiger partial charge < -0.3 is 9.29 Å². The van der Waals surface area contributed by atoms with E-state index in [2.05, 4.69) is 4.74 Å². The number of carbonyl (C=O) groups is 1. The number of hydrogen-bond acceptors (Lipinski definition) is 3. The van der Waals surface area contributed by atoms with E-state index in [9.17, 15) is 13.4 Å². The Kier molecular flexibility index (Phi) is 4.49. The highest BCUT2D eigenvalue weighted by Crippen LogP contribution is 2.17. The molecule has 0 aliphatic rings. The third-order valence-corrected chi connectivity index (χ3v) is 2.40. The standard InChI is InChI=1S/C7H13FO4S/c1-4-5(2)12-6(9)7(3,8)13(10)11/h5H,4H2,1-3H3,(H,10,11). The molecule has 0 bridgehead atoms. The molecule has 6 heteroatoms. The van der Waals surface area contributed by atoms with Gasteiger partial charge in [-0.25, -0.2) is 13.4 Å². The molecule has 0 saturated carbocycles. The Bertz CT molecular complexity index is 217. The Balaban J connectivity index is 4.34. The number of esters is 1. The molecule has 0 saturated heterocycles. The summed E-state index contributed by atoms with van der Waals surface area (Å²) >= 11 is -2.87. The highest BCUT2D eigenvalue weighted by Gasteiger charge is 2.42. The lowest BCUT2D eigenvalue weighted by atomic mass is 10.3. The molecule has 0 amide bonds. The van der Waals surface area contributed by atoms with E-state index in [0.29, 0.717) is 13.3 Å². The number of ether oxygens (including phenoxy) is 1. The van der Waals surface area contributed by atoms with Crippen molar-refractivity contribution in [3.8, 4) is 0 Å². The zero-order valence-electron chi connectivity index (χ0n) is 7.74. The van der Waals surface area contributed by atoms with Gasteiger partial charge >= 0.3 is 11.0 Å². The van der Waals surface area contributed by atoms with Crippen LogP contribution >= 0.6 is 0 Å². The Hall–Kier alpha value is -0.490. The van der Waals surface area contributed by atoms with Gasteiger partial charge in [-0.15, -0.1) is 0 Å². The topological polar surface area (TPSA) is 63.6 Å². The lowest BCUT2D eigenvalue weighted by Crippen LogP contribution is -2.38. The zero-order valence-corrected chi connectivity index (χ0v) is 8.56. The van der Waals surface area contributed by atoms with E-state index in [4.69, 9.17) is 4.55 Å². The summed E-state index contributed by atoms with van der Waals surface area (Å²) < 4.78 is 36.4. The first-order valence-corrected chi connectivity index (χ1v) is 4.94. The molecule has 3 unspecified atom stereocenters. The lowest BCUT2D eigenvalue weighted by molar-refractivity contribution is -0.156. The molecular formula is C7H13FO4S. The fraction of sp³-hybridized carbons (Fsp3) is 0.857. The van der Waals surface area contributed by atoms with E-state index in [1.54, 1.807) is 13.8 Å². The van der Waals surface area contributed by atoms with E-state index < -0.39 is 28.2 Å². The highest BCUT2D eigenvalue weighted by atomic mass is 32.2. The molecular weight excluding hydrogens is 199 g/mol. The number of rotatable bonds is 4. The van der Waals surface area contributed by atoms with Crippen LogP contribution in [-0.4, -0.2) is 25.8 Å². The normalized spacial score (nSPS) is 20.1. The fourth-order valence-electron chi connectivity index (χ4n) is 0.443. The van der Waals surface area contributed by atoms with Crippen molar-refractivity contribution in [1.82, 2.24) is 0 Å². The molecule has 0 aliphatic heterocycles. The third kappa shape index (κ3) is 3.40. The predicted octanol–water partition coefficient (Wildman–Crippen LogP) is 1.24. The molecule has 0 fully saturated rings. The molecule has 0 aliphatic carbocycles. The van der Waals surface area contributed by atoms with Crippen molar-refractivity contribution in [2.75, 3.05) is 0 Å². The number of halogens is 1. The van der Waals surface area contributed by atoms with E-state index >= 15 is 0 Å². The van der Waals surface area contributed by atoms with Crippen molar-refractivity contribution in [2.45, 2.75) is 38.3 Å². The van der Waals surface area contributed by atoms with Crippen molar-refractivity contribution in [2.24, 2.45) is 0 Å². The van der Waals surface area contributed by atoms with Crippen molar-refractivity contribution in [3.05, 3.63) is 0 Å². The van der Waals surface area contributed by atoms with Crippen LogP contribution in [0.25, 0.3) is 0 Å². The molecule has 0 radical (unpaired) electrons. The van der Waals surface area contributed by atoms with E-state index in [1.807, 2.05) is 0 Å². The fourth-order valence-corrected chi connectivity index (χ4v) is 0.633. The van der Waals surface area contributed by atoms with Crippen LogP contribution in [-0.2, 0) is 20.6 Å². The second-order valence-electron chi connectivity index (χ2n) is 2.79. The largest absolute Gasteiger partial charge is 0.460 e. The van der Waals surface area contributed by atoms with Gasteiger partial charge in [0.1, 0.15) is 0 Å². The molecule has 0 aromatic heterocycles. The van der Waals surface area contributed by atoms with E-state index in [0.717, 1.165) is 0 Å². The second-order valence-corrected chi connectivity index (χ2v) is 4.06. The van der Waals surface area contributed by atoms with Gasteiger partial charge in [-0.05, 0) is 20.3 Å². The maximum atomic E-state index is 13.1. The summed E-state index contributed by atoms with van der Waals surface area (Å²) in [4.78, 5) is 10.9. The van der Waals surface area contributed by atoms with Crippen LogP contribution in [0.15, 0.2) is 0 Å². The van der Waals surface area contributed by atoms with Gasteiger partial charge in [0, 0.05) is 0 Å². The minimum atomic E-state index is -2.87. The Labute approximate surface area is 78.7 Å². The van der Waals surface area contributed by atoms with Crippen LogP contribution < -0.4 is 0 Å². The lowest BCUT2D eigenvalue weighted by Gasteiger charge is -2.17. The third-order valence-electron chi connectivity index (χ3n) is 1.58. The molecule has 0 aromatic rings. The Morgan fingerprint density at radius 3 is 2.54 bits per heavy atom. The van der Waals surface area contributed by atoms with Gasteiger partial charge in [-0.1, -0.05) is 6.92 Å². The molecule has 0 aromatic carbocycles. The van der Waals surface area contributed by atoms with Crippen molar-refractivity contribution < 1.29 is 22.7 Å². The van der Waals surface area contributed by atoms with Crippen LogP contribution in [0.4, 0.5) is 4.39 Å². The summed E-state index contributed by atoms with van der Waals surface area (Å²) in [6.45, 7) is 4.05. The van der Waals surface area contributed by atoms with Crippen LogP contribution in [0, 0.1) is 0 Å². The number of hydrogen-bond donors (Lipinski definition) is 1. The van der Waals surface area contributed by atoms with Crippen molar-refractivity contribution in [1.29, 1.82) is 0 Å². The molecule has 3 atom stereocenters. The Morgan fingerprint density at radius 2 is 2.23 bits per heavy atom. The molecule has 0 spiro atoms. The van der Waals surface area contributed by atoms with Crippen LogP contribution in [0.2, 0.25) is 0 Å². The number of carbonyl (C=O) groups excluding carboxylic acids is 1. The monoisotopic (exact) mass is 212 g/mol. The summed E-state index contributed by atoms with van der Waals surface area (Å²) in [6, 6.07) is 0. The summed E-state index contributed by atoms with van der Waals surface area (Å²) in [5, 5.41) is -2.84. The molecule has 0 rings (SSSR count). The van der Waals surface area contributed by atoms with Crippen LogP contribution in [0.5, 0.6) is 0 Å². The minimum absolute atomic E-state index is 0.453. The smallest absolute Gasteiger partial charge is 0.359 e. The molecule has 13 heavy (non-hydrogen) atoms.